The van der Waals surface area contributed by atoms with Crippen molar-refractivity contribution in [2.75, 3.05) is 19.7 Å². The van der Waals surface area contributed by atoms with Crippen molar-refractivity contribution in [3.05, 3.63) is 35.6 Å². The molecule has 0 N–H and O–H groups in total. The van der Waals surface area contributed by atoms with Gasteiger partial charge >= 0.3 is 0 Å². The Morgan fingerprint density at radius 2 is 1.95 bits per heavy atom. The fraction of sp³-hybridized carbons (Fsp3) is 0.562. The van der Waals surface area contributed by atoms with Gasteiger partial charge in [-0.2, -0.15) is 0 Å². The Morgan fingerprint density at radius 3 is 2.55 bits per heavy atom. The van der Waals surface area contributed by atoms with E-state index in [0.29, 0.717) is 12.5 Å². The van der Waals surface area contributed by atoms with Crippen molar-refractivity contribution >= 4 is 5.91 Å². The molecule has 1 amide bonds. The highest BCUT2D eigenvalue weighted by Crippen LogP contribution is 2.20. The number of piperidine rings is 1. The molecular formula is C16H22FNO2. The number of benzene rings is 1. The van der Waals surface area contributed by atoms with Crippen molar-refractivity contribution in [3.63, 3.8) is 0 Å². The predicted molar refractivity (Wildman–Crippen MR) is 75.7 cm³/mol. The van der Waals surface area contributed by atoms with Crippen molar-refractivity contribution in [3.8, 4) is 0 Å². The third-order valence-electron chi connectivity index (χ3n) is 3.91. The molecule has 0 atom stereocenters. The molecule has 1 aliphatic rings. The van der Waals surface area contributed by atoms with Crippen LogP contribution in [0.5, 0.6) is 0 Å². The van der Waals surface area contributed by atoms with Gasteiger partial charge in [0.15, 0.2) is 0 Å². The number of nitrogens with zero attached hydrogens (tertiary/aromatic N) is 1. The van der Waals surface area contributed by atoms with Crippen LogP contribution in [0, 0.1) is 11.7 Å². The fourth-order valence-corrected chi connectivity index (χ4v) is 2.56. The molecule has 1 aliphatic heterocycles. The number of amides is 1. The molecule has 3 nitrogen and oxygen atoms in total. The van der Waals surface area contributed by atoms with Crippen LogP contribution in [-0.2, 0) is 16.1 Å². The predicted octanol–water partition coefficient (Wildman–Crippen LogP) is 2.99. The Kier molecular flexibility index (Phi) is 5.53. The van der Waals surface area contributed by atoms with Gasteiger partial charge in [-0.15, -0.1) is 0 Å². The van der Waals surface area contributed by atoms with Gasteiger partial charge in [-0.25, -0.2) is 4.39 Å². The van der Waals surface area contributed by atoms with E-state index in [2.05, 4.69) is 0 Å². The minimum absolute atomic E-state index is 0.177. The minimum Gasteiger partial charge on any atom is -0.377 e. The van der Waals surface area contributed by atoms with Crippen LogP contribution in [0.3, 0.4) is 0 Å². The number of rotatable bonds is 5. The highest BCUT2D eigenvalue weighted by Gasteiger charge is 2.20. The van der Waals surface area contributed by atoms with E-state index in [1.165, 1.54) is 12.1 Å². The number of ether oxygens (including phenoxy) is 1. The number of likely N-dealkylation sites (tertiary alicyclic amines) is 1. The van der Waals surface area contributed by atoms with E-state index >= 15 is 0 Å². The summed E-state index contributed by atoms with van der Waals surface area (Å²) in [7, 11) is 0. The Balaban J connectivity index is 1.60. The van der Waals surface area contributed by atoms with Crippen molar-refractivity contribution in [1.29, 1.82) is 0 Å². The molecule has 1 fully saturated rings. The minimum atomic E-state index is -0.217. The van der Waals surface area contributed by atoms with Gasteiger partial charge in [0.05, 0.1) is 6.61 Å². The first-order valence-electron chi connectivity index (χ1n) is 7.23. The Morgan fingerprint density at radius 1 is 1.30 bits per heavy atom. The first kappa shape index (κ1) is 15.0. The van der Waals surface area contributed by atoms with E-state index in [1.54, 1.807) is 19.1 Å². The van der Waals surface area contributed by atoms with E-state index in [4.69, 9.17) is 4.74 Å². The molecule has 0 bridgehead atoms. The van der Waals surface area contributed by atoms with Crippen LogP contribution in [0.25, 0.3) is 0 Å². The number of carbonyl (C=O) groups is 1. The van der Waals surface area contributed by atoms with Gasteiger partial charge in [0.2, 0.25) is 5.91 Å². The van der Waals surface area contributed by atoms with Gasteiger partial charge in [-0.1, -0.05) is 12.1 Å². The Labute approximate surface area is 119 Å². The van der Waals surface area contributed by atoms with E-state index in [1.807, 2.05) is 4.90 Å². The van der Waals surface area contributed by atoms with Crippen LogP contribution in [0.1, 0.15) is 31.7 Å². The van der Waals surface area contributed by atoms with Gasteiger partial charge in [0, 0.05) is 26.6 Å². The van der Waals surface area contributed by atoms with Crippen LogP contribution in [0.2, 0.25) is 0 Å². The summed E-state index contributed by atoms with van der Waals surface area (Å²) in [6.45, 7) is 4.64. The van der Waals surface area contributed by atoms with Crippen molar-refractivity contribution in [2.24, 2.45) is 5.92 Å². The van der Waals surface area contributed by atoms with Crippen LogP contribution in [0.15, 0.2) is 24.3 Å². The van der Waals surface area contributed by atoms with Crippen molar-refractivity contribution < 1.29 is 13.9 Å². The quantitative estimate of drug-likeness (QED) is 0.775. The molecule has 0 spiro atoms. The molecule has 4 heteroatoms. The lowest BCUT2D eigenvalue weighted by molar-refractivity contribution is -0.130. The average Bonchev–Trinajstić information content (AvgIpc) is 2.46. The fourth-order valence-electron chi connectivity index (χ4n) is 2.56. The topological polar surface area (TPSA) is 29.5 Å². The van der Waals surface area contributed by atoms with Gasteiger partial charge < -0.3 is 9.64 Å². The summed E-state index contributed by atoms with van der Waals surface area (Å²) in [5.74, 6) is 0.612. The monoisotopic (exact) mass is 279 g/mol. The van der Waals surface area contributed by atoms with Crippen LogP contribution in [-0.4, -0.2) is 30.5 Å². The molecule has 0 unspecified atom stereocenters. The van der Waals surface area contributed by atoms with E-state index in [-0.39, 0.29) is 11.7 Å². The third-order valence-corrected chi connectivity index (χ3v) is 3.91. The SMILES string of the molecule is CC(=O)N1CCC(CCOCc2ccc(F)cc2)CC1. The lowest BCUT2D eigenvalue weighted by Gasteiger charge is -2.31. The molecule has 1 aromatic rings. The molecule has 1 saturated heterocycles. The molecule has 0 aromatic heterocycles. The maximum Gasteiger partial charge on any atom is 0.219 e. The molecule has 0 radical (unpaired) electrons. The Hall–Kier alpha value is -1.42. The van der Waals surface area contributed by atoms with E-state index in [9.17, 15) is 9.18 Å². The summed E-state index contributed by atoms with van der Waals surface area (Å²) in [4.78, 5) is 13.1. The molecular weight excluding hydrogens is 257 g/mol. The molecule has 20 heavy (non-hydrogen) atoms. The third kappa shape index (κ3) is 4.60. The van der Waals surface area contributed by atoms with Crippen molar-refractivity contribution in [2.45, 2.75) is 32.8 Å². The van der Waals surface area contributed by atoms with Gasteiger partial charge in [0.1, 0.15) is 5.82 Å². The van der Waals surface area contributed by atoms with Crippen LogP contribution < -0.4 is 0 Å². The number of halogens is 1. The average molecular weight is 279 g/mol. The zero-order valence-corrected chi connectivity index (χ0v) is 12.0. The second-order valence-electron chi connectivity index (χ2n) is 5.42. The first-order valence-corrected chi connectivity index (χ1v) is 7.23. The standard InChI is InChI=1S/C16H22FNO2/c1-13(19)18-9-6-14(7-10-18)8-11-20-12-15-2-4-16(17)5-3-15/h2-5,14H,6-12H2,1H3. The number of hydrogen-bond donors (Lipinski definition) is 0. The van der Waals surface area contributed by atoms with Crippen molar-refractivity contribution in [1.82, 2.24) is 4.90 Å². The largest absolute Gasteiger partial charge is 0.377 e. The van der Waals surface area contributed by atoms with E-state index in [0.717, 1.165) is 44.5 Å². The molecule has 0 aliphatic carbocycles. The summed E-state index contributed by atoms with van der Waals surface area (Å²) in [5, 5.41) is 0. The Bertz CT molecular complexity index is 425. The molecule has 2 rings (SSSR count). The molecule has 110 valence electrons. The second kappa shape index (κ2) is 7.39. The normalized spacial score (nSPS) is 16.4. The van der Waals surface area contributed by atoms with Gasteiger partial charge in [0.25, 0.3) is 0 Å². The van der Waals surface area contributed by atoms with E-state index < -0.39 is 0 Å². The number of hydrogen-bond acceptors (Lipinski definition) is 2. The van der Waals surface area contributed by atoms with Crippen LogP contribution >= 0.6 is 0 Å². The summed E-state index contributed by atoms with van der Waals surface area (Å²) in [5.41, 5.74) is 0.998. The van der Waals surface area contributed by atoms with Crippen LogP contribution in [0.4, 0.5) is 4.39 Å². The molecule has 1 heterocycles. The molecule has 0 saturated carbocycles. The summed E-state index contributed by atoms with van der Waals surface area (Å²) in [6.07, 6.45) is 3.17. The zero-order chi connectivity index (χ0) is 14.4. The maximum absolute atomic E-state index is 12.7. The van der Waals surface area contributed by atoms with Gasteiger partial charge in [-0.05, 0) is 42.9 Å². The molecule has 1 aromatic carbocycles. The summed E-state index contributed by atoms with van der Waals surface area (Å²) >= 11 is 0. The summed E-state index contributed by atoms with van der Waals surface area (Å²) < 4.78 is 18.4. The highest BCUT2D eigenvalue weighted by atomic mass is 19.1. The number of carbonyl (C=O) groups excluding carboxylic acids is 1. The first-order chi connectivity index (χ1) is 9.65. The maximum atomic E-state index is 12.7. The smallest absolute Gasteiger partial charge is 0.219 e. The lowest BCUT2D eigenvalue weighted by atomic mass is 9.94. The second-order valence-corrected chi connectivity index (χ2v) is 5.42. The summed E-state index contributed by atoms with van der Waals surface area (Å²) in [6, 6.07) is 6.41. The zero-order valence-electron chi connectivity index (χ0n) is 12.0. The van der Waals surface area contributed by atoms with Gasteiger partial charge in [-0.3, -0.25) is 4.79 Å². The lowest BCUT2D eigenvalue weighted by Crippen LogP contribution is -2.37. The highest BCUT2D eigenvalue weighted by molar-refractivity contribution is 5.73.